The first-order valence-electron chi connectivity index (χ1n) is 5.54. The SMILES string of the molecule is Cc1ccccc1CO/N=[C]\c1ccccc1. The molecule has 0 aromatic heterocycles. The highest BCUT2D eigenvalue weighted by Gasteiger charge is 1.95. The molecule has 0 atom stereocenters. The molecular weight excluding hydrogens is 210 g/mol. The van der Waals surface area contributed by atoms with Crippen molar-refractivity contribution < 1.29 is 4.84 Å². The second-order valence-corrected chi connectivity index (χ2v) is 3.77. The van der Waals surface area contributed by atoms with Crippen LogP contribution in [0.4, 0.5) is 0 Å². The molecule has 0 N–H and O–H groups in total. The minimum Gasteiger partial charge on any atom is -0.390 e. The molecule has 85 valence electrons. The van der Waals surface area contributed by atoms with E-state index < -0.39 is 0 Å². The lowest BCUT2D eigenvalue weighted by Gasteiger charge is -2.02. The lowest BCUT2D eigenvalue weighted by atomic mass is 10.1. The highest BCUT2D eigenvalue weighted by atomic mass is 16.6. The van der Waals surface area contributed by atoms with Crippen molar-refractivity contribution in [3.63, 3.8) is 0 Å². The summed E-state index contributed by atoms with van der Waals surface area (Å²) in [5, 5.41) is 3.83. The maximum Gasteiger partial charge on any atom is 0.142 e. The molecule has 0 aliphatic rings. The van der Waals surface area contributed by atoms with Gasteiger partial charge in [-0.3, -0.25) is 0 Å². The molecule has 0 aliphatic heterocycles. The van der Waals surface area contributed by atoms with E-state index >= 15 is 0 Å². The van der Waals surface area contributed by atoms with Crippen molar-refractivity contribution in [2.75, 3.05) is 0 Å². The lowest BCUT2D eigenvalue weighted by Crippen LogP contribution is -1.91. The van der Waals surface area contributed by atoms with Gasteiger partial charge in [-0.25, -0.2) is 0 Å². The highest BCUT2D eigenvalue weighted by molar-refractivity contribution is 5.78. The Morgan fingerprint density at radius 1 is 1.00 bits per heavy atom. The van der Waals surface area contributed by atoms with E-state index in [1.165, 1.54) is 5.56 Å². The Labute approximate surface area is 102 Å². The van der Waals surface area contributed by atoms with Crippen LogP contribution in [0, 0.1) is 6.92 Å². The summed E-state index contributed by atoms with van der Waals surface area (Å²) in [6.07, 6.45) is 2.84. The van der Waals surface area contributed by atoms with E-state index in [4.69, 9.17) is 4.84 Å². The van der Waals surface area contributed by atoms with Crippen LogP contribution in [0.2, 0.25) is 0 Å². The zero-order chi connectivity index (χ0) is 11.9. The molecule has 1 radical (unpaired) electrons. The van der Waals surface area contributed by atoms with Gasteiger partial charge in [0.15, 0.2) is 0 Å². The van der Waals surface area contributed by atoms with E-state index in [1.54, 1.807) is 0 Å². The topological polar surface area (TPSA) is 21.6 Å². The van der Waals surface area contributed by atoms with Gasteiger partial charge in [0.2, 0.25) is 0 Å². The van der Waals surface area contributed by atoms with E-state index in [-0.39, 0.29) is 0 Å². The molecule has 17 heavy (non-hydrogen) atoms. The first kappa shape index (κ1) is 11.4. The van der Waals surface area contributed by atoms with Crippen LogP contribution in [0.3, 0.4) is 0 Å². The van der Waals surface area contributed by atoms with Crippen LogP contribution in [0.1, 0.15) is 16.7 Å². The fraction of sp³-hybridized carbons (Fsp3) is 0.133. The monoisotopic (exact) mass is 224 g/mol. The van der Waals surface area contributed by atoms with Crippen LogP contribution >= 0.6 is 0 Å². The van der Waals surface area contributed by atoms with E-state index in [9.17, 15) is 0 Å². The summed E-state index contributed by atoms with van der Waals surface area (Å²) in [7, 11) is 0. The lowest BCUT2D eigenvalue weighted by molar-refractivity contribution is 0.131. The number of hydrogen-bond acceptors (Lipinski definition) is 2. The number of rotatable bonds is 4. The number of hydrogen-bond donors (Lipinski definition) is 0. The van der Waals surface area contributed by atoms with Crippen molar-refractivity contribution in [3.05, 3.63) is 71.3 Å². The summed E-state index contributed by atoms with van der Waals surface area (Å²) < 4.78 is 0. The second-order valence-electron chi connectivity index (χ2n) is 3.77. The molecule has 2 aromatic carbocycles. The van der Waals surface area contributed by atoms with Crippen molar-refractivity contribution in [2.24, 2.45) is 5.16 Å². The Bertz CT molecular complexity index is 491. The normalized spacial score (nSPS) is 10.6. The van der Waals surface area contributed by atoms with E-state index in [0.29, 0.717) is 6.61 Å². The first-order valence-corrected chi connectivity index (χ1v) is 5.54. The molecule has 0 heterocycles. The average Bonchev–Trinajstić information content (AvgIpc) is 2.38. The van der Waals surface area contributed by atoms with Crippen LogP contribution in [0.15, 0.2) is 59.8 Å². The Morgan fingerprint density at radius 2 is 1.71 bits per heavy atom. The van der Waals surface area contributed by atoms with Crippen molar-refractivity contribution >= 4 is 6.21 Å². The molecule has 0 amide bonds. The van der Waals surface area contributed by atoms with Gasteiger partial charge in [-0.1, -0.05) is 59.8 Å². The van der Waals surface area contributed by atoms with Crippen LogP contribution in [0.25, 0.3) is 0 Å². The van der Waals surface area contributed by atoms with Gasteiger partial charge in [0.25, 0.3) is 0 Å². The Kier molecular flexibility index (Phi) is 3.92. The minimum atomic E-state index is 0.479. The van der Waals surface area contributed by atoms with E-state index in [0.717, 1.165) is 11.1 Å². The summed E-state index contributed by atoms with van der Waals surface area (Å²) in [6, 6.07) is 17.8. The summed E-state index contributed by atoms with van der Waals surface area (Å²) in [6.45, 7) is 2.54. The van der Waals surface area contributed by atoms with Crippen molar-refractivity contribution in [1.29, 1.82) is 0 Å². The predicted molar refractivity (Wildman–Crippen MR) is 68.9 cm³/mol. The van der Waals surface area contributed by atoms with Crippen LogP contribution in [-0.4, -0.2) is 6.21 Å². The Hall–Kier alpha value is -2.09. The quantitative estimate of drug-likeness (QED) is 0.576. The predicted octanol–water partition coefficient (Wildman–Crippen LogP) is 3.42. The third-order valence-corrected chi connectivity index (χ3v) is 2.49. The maximum absolute atomic E-state index is 5.22. The fourth-order valence-electron chi connectivity index (χ4n) is 1.47. The molecule has 0 fully saturated rings. The molecule has 2 heteroatoms. The number of nitrogens with zero attached hydrogens (tertiary/aromatic N) is 1. The largest absolute Gasteiger partial charge is 0.390 e. The van der Waals surface area contributed by atoms with Gasteiger partial charge in [-0.2, -0.15) is 0 Å². The van der Waals surface area contributed by atoms with Crippen molar-refractivity contribution in [3.8, 4) is 0 Å². The smallest absolute Gasteiger partial charge is 0.142 e. The van der Waals surface area contributed by atoms with Gasteiger partial charge < -0.3 is 4.84 Å². The minimum absolute atomic E-state index is 0.479. The first-order chi connectivity index (χ1) is 8.36. The standard InChI is InChI=1S/C15H14NO/c1-13-7-5-6-10-15(13)12-17-16-11-14-8-3-2-4-9-14/h2-10H,12H2,1H3. The van der Waals surface area contributed by atoms with Gasteiger partial charge >= 0.3 is 0 Å². The maximum atomic E-state index is 5.22. The molecular formula is C15H14NO. The Balaban J connectivity index is 1.88. The van der Waals surface area contributed by atoms with Crippen LogP contribution in [-0.2, 0) is 11.4 Å². The molecule has 0 bridgehead atoms. The molecule has 2 nitrogen and oxygen atoms in total. The fourth-order valence-corrected chi connectivity index (χ4v) is 1.47. The molecule has 0 unspecified atom stereocenters. The highest BCUT2D eigenvalue weighted by Crippen LogP contribution is 2.08. The Morgan fingerprint density at radius 3 is 2.47 bits per heavy atom. The number of aryl methyl sites for hydroxylation is 1. The molecule has 0 aliphatic carbocycles. The van der Waals surface area contributed by atoms with Gasteiger partial charge in [0, 0.05) is 5.56 Å². The van der Waals surface area contributed by atoms with Crippen molar-refractivity contribution in [2.45, 2.75) is 13.5 Å². The second kappa shape index (κ2) is 5.85. The van der Waals surface area contributed by atoms with Gasteiger partial charge in [0.1, 0.15) is 12.8 Å². The van der Waals surface area contributed by atoms with Crippen LogP contribution in [0.5, 0.6) is 0 Å². The third-order valence-electron chi connectivity index (χ3n) is 2.49. The van der Waals surface area contributed by atoms with Crippen LogP contribution < -0.4 is 0 Å². The van der Waals surface area contributed by atoms with E-state index in [1.807, 2.05) is 48.5 Å². The van der Waals surface area contributed by atoms with Gasteiger partial charge in [-0.15, -0.1) is 0 Å². The summed E-state index contributed by atoms with van der Waals surface area (Å²) in [4.78, 5) is 5.22. The van der Waals surface area contributed by atoms with Gasteiger partial charge in [0.05, 0.1) is 0 Å². The molecule has 0 saturated carbocycles. The van der Waals surface area contributed by atoms with Crippen molar-refractivity contribution in [1.82, 2.24) is 0 Å². The summed E-state index contributed by atoms with van der Waals surface area (Å²) in [5.74, 6) is 0. The summed E-state index contributed by atoms with van der Waals surface area (Å²) in [5.41, 5.74) is 3.27. The van der Waals surface area contributed by atoms with Gasteiger partial charge in [-0.05, 0) is 18.1 Å². The molecule has 0 saturated heterocycles. The molecule has 2 aromatic rings. The zero-order valence-electron chi connectivity index (χ0n) is 9.76. The third kappa shape index (κ3) is 3.45. The zero-order valence-corrected chi connectivity index (χ0v) is 9.76. The average molecular weight is 224 g/mol. The molecule has 0 spiro atoms. The van der Waals surface area contributed by atoms with E-state index in [2.05, 4.69) is 24.4 Å². The number of benzene rings is 2. The molecule has 2 rings (SSSR count). The summed E-state index contributed by atoms with van der Waals surface area (Å²) >= 11 is 0.